The normalized spacial score (nSPS) is 12.7. The molecule has 2 heteroatoms. The minimum absolute atomic E-state index is 0.110. The van der Waals surface area contributed by atoms with E-state index < -0.39 is 0 Å². The highest BCUT2D eigenvalue weighted by molar-refractivity contribution is 6.45. The van der Waals surface area contributed by atoms with Gasteiger partial charge in [0.25, 0.3) is 0 Å². The first-order chi connectivity index (χ1) is 7.14. The Morgan fingerprint density at radius 3 is 1.44 bits per heavy atom. The lowest BCUT2D eigenvalue weighted by molar-refractivity contribution is 0.568. The van der Waals surface area contributed by atoms with E-state index in [0.29, 0.717) is 0 Å². The summed E-state index contributed by atoms with van der Waals surface area (Å²) in [6, 6.07) is 6.34. The standard InChI is InChI=1S/C14H22BO/c1-13(2,3)10-7-11(14(4,5)6)9-12(8-10)15-16/h7-9,16H,1-6H3. The molecule has 0 aliphatic rings. The van der Waals surface area contributed by atoms with Gasteiger partial charge in [0, 0.05) is 0 Å². The molecule has 0 aliphatic carbocycles. The van der Waals surface area contributed by atoms with Gasteiger partial charge in [0.2, 0.25) is 0 Å². The zero-order valence-corrected chi connectivity index (χ0v) is 11.3. The Morgan fingerprint density at radius 1 is 0.812 bits per heavy atom. The Balaban J connectivity index is 3.33. The van der Waals surface area contributed by atoms with Crippen molar-refractivity contribution in [1.29, 1.82) is 0 Å². The quantitative estimate of drug-likeness (QED) is 0.716. The van der Waals surface area contributed by atoms with Crippen molar-refractivity contribution in [3.8, 4) is 0 Å². The molecule has 0 heterocycles. The van der Waals surface area contributed by atoms with Gasteiger partial charge in [-0.2, -0.15) is 0 Å². The van der Waals surface area contributed by atoms with E-state index in [0.717, 1.165) is 5.46 Å². The SMILES string of the molecule is CC(C)(C)c1cc([B]O)cc(C(C)(C)C)c1. The van der Waals surface area contributed by atoms with Crippen LogP contribution in [0.15, 0.2) is 18.2 Å². The second-order valence-corrected chi connectivity index (χ2v) is 6.47. The summed E-state index contributed by atoms with van der Waals surface area (Å²) in [4.78, 5) is 0. The average Bonchev–Trinajstić information content (AvgIpc) is 2.14. The lowest BCUT2D eigenvalue weighted by atomic mass is 9.75. The molecule has 0 unspecified atom stereocenters. The van der Waals surface area contributed by atoms with Crippen molar-refractivity contribution in [1.82, 2.24) is 0 Å². The topological polar surface area (TPSA) is 20.2 Å². The lowest BCUT2D eigenvalue weighted by Crippen LogP contribution is -2.23. The van der Waals surface area contributed by atoms with Gasteiger partial charge in [0.05, 0.1) is 0 Å². The summed E-state index contributed by atoms with van der Waals surface area (Å²) < 4.78 is 0. The Morgan fingerprint density at radius 2 is 1.19 bits per heavy atom. The van der Waals surface area contributed by atoms with E-state index in [4.69, 9.17) is 0 Å². The summed E-state index contributed by atoms with van der Waals surface area (Å²) in [6.07, 6.45) is 0. The van der Waals surface area contributed by atoms with Crippen molar-refractivity contribution in [2.75, 3.05) is 0 Å². The second kappa shape index (κ2) is 4.25. The van der Waals surface area contributed by atoms with Gasteiger partial charge >= 0.3 is 7.48 Å². The minimum atomic E-state index is 0.110. The van der Waals surface area contributed by atoms with Crippen molar-refractivity contribution < 1.29 is 5.02 Å². The van der Waals surface area contributed by atoms with Crippen LogP contribution in [0.2, 0.25) is 0 Å². The second-order valence-electron chi connectivity index (χ2n) is 6.47. The molecule has 0 saturated heterocycles. The molecule has 0 atom stereocenters. The predicted molar refractivity (Wildman–Crippen MR) is 71.4 cm³/mol. The van der Waals surface area contributed by atoms with Crippen molar-refractivity contribution in [3.05, 3.63) is 29.3 Å². The molecule has 16 heavy (non-hydrogen) atoms. The highest BCUT2D eigenvalue weighted by Gasteiger charge is 2.20. The molecular weight excluding hydrogens is 195 g/mol. The van der Waals surface area contributed by atoms with E-state index in [1.807, 2.05) is 0 Å². The third-order valence-electron chi connectivity index (χ3n) is 2.84. The van der Waals surface area contributed by atoms with Crippen LogP contribution >= 0.6 is 0 Å². The fourth-order valence-corrected chi connectivity index (χ4v) is 1.59. The fourth-order valence-electron chi connectivity index (χ4n) is 1.59. The zero-order valence-electron chi connectivity index (χ0n) is 11.3. The summed E-state index contributed by atoms with van der Waals surface area (Å²) in [5.41, 5.74) is 3.63. The fraction of sp³-hybridized carbons (Fsp3) is 0.571. The number of hydrogen-bond donors (Lipinski definition) is 1. The zero-order chi connectivity index (χ0) is 12.6. The van der Waals surface area contributed by atoms with Crippen LogP contribution in [-0.4, -0.2) is 12.5 Å². The van der Waals surface area contributed by atoms with Crippen LogP contribution in [0.1, 0.15) is 52.7 Å². The lowest BCUT2D eigenvalue weighted by Gasteiger charge is -2.25. The van der Waals surface area contributed by atoms with Crippen LogP contribution in [0.5, 0.6) is 0 Å². The van der Waals surface area contributed by atoms with Gasteiger partial charge in [0.1, 0.15) is 0 Å². The Labute approximate surface area is 100 Å². The molecule has 1 rings (SSSR count). The van der Waals surface area contributed by atoms with Crippen molar-refractivity contribution in [3.63, 3.8) is 0 Å². The maximum absolute atomic E-state index is 9.19. The van der Waals surface area contributed by atoms with E-state index in [-0.39, 0.29) is 10.8 Å². The molecule has 1 N–H and O–H groups in total. The maximum atomic E-state index is 9.19. The summed E-state index contributed by atoms with van der Waals surface area (Å²) in [6.45, 7) is 13.1. The first-order valence-electron chi connectivity index (χ1n) is 5.78. The first kappa shape index (κ1) is 13.3. The van der Waals surface area contributed by atoms with Crippen molar-refractivity contribution in [2.24, 2.45) is 0 Å². The largest absolute Gasteiger partial charge is 0.450 e. The van der Waals surface area contributed by atoms with E-state index in [1.54, 1.807) is 0 Å². The molecule has 0 aliphatic heterocycles. The molecule has 0 saturated carbocycles. The molecule has 1 nitrogen and oxygen atoms in total. The van der Waals surface area contributed by atoms with Crippen LogP contribution in [0.4, 0.5) is 0 Å². The van der Waals surface area contributed by atoms with Crippen LogP contribution in [0.25, 0.3) is 0 Å². The van der Waals surface area contributed by atoms with Gasteiger partial charge in [-0.3, -0.25) is 0 Å². The molecular formula is C14H22BO. The molecule has 0 amide bonds. The average molecular weight is 217 g/mol. The van der Waals surface area contributed by atoms with E-state index >= 15 is 0 Å². The van der Waals surface area contributed by atoms with Gasteiger partial charge in [-0.25, -0.2) is 0 Å². The van der Waals surface area contributed by atoms with Gasteiger partial charge in [-0.15, -0.1) is 0 Å². The van der Waals surface area contributed by atoms with Crippen LogP contribution in [0, 0.1) is 0 Å². The Kier molecular flexibility index (Phi) is 3.54. The summed E-state index contributed by atoms with van der Waals surface area (Å²) in [5, 5.41) is 9.19. The van der Waals surface area contributed by atoms with Crippen molar-refractivity contribution >= 4 is 12.9 Å². The third-order valence-corrected chi connectivity index (χ3v) is 2.84. The number of hydrogen-bond acceptors (Lipinski definition) is 1. The molecule has 0 spiro atoms. The maximum Gasteiger partial charge on any atom is 0.326 e. The smallest absolute Gasteiger partial charge is 0.326 e. The monoisotopic (exact) mass is 217 g/mol. The summed E-state index contributed by atoms with van der Waals surface area (Å²) in [5.74, 6) is 0. The summed E-state index contributed by atoms with van der Waals surface area (Å²) >= 11 is 0. The molecule has 0 fully saturated rings. The Hall–Kier alpha value is -0.755. The molecule has 0 bridgehead atoms. The third kappa shape index (κ3) is 3.12. The van der Waals surface area contributed by atoms with Gasteiger partial charge in [-0.1, -0.05) is 65.2 Å². The molecule has 87 valence electrons. The molecule has 1 aromatic carbocycles. The van der Waals surface area contributed by atoms with Gasteiger partial charge < -0.3 is 5.02 Å². The highest BCUT2D eigenvalue weighted by Crippen LogP contribution is 2.27. The van der Waals surface area contributed by atoms with Crippen LogP contribution in [0.3, 0.4) is 0 Å². The van der Waals surface area contributed by atoms with Gasteiger partial charge in [-0.05, 0) is 22.0 Å². The summed E-state index contributed by atoms with van der Waals surface area (Å²) in [7, 11) is 1.18. The Bertz CT molecular complexity index is 337. The number of benzene rings is 1. The van der Waals surface area contributed by atoms with Gasteiger partial charge in [0.15, 0.2) is 0 Å². The van der Waals surface area contributed by atoms with E-state index in [2.05, 4.69) is 59.7 Å². The van der Waals surface area contributed by atoms with E-state index in [1.165, 1.54) is 18.6 Å². The highest BCUT2D eigenvalue weighted by atomic mass is 16.2. The first-order valence-corrected chi connectivity index (χ1v) is 5.78. The minimum Gasteiger partial charge on any atom is -0.450 e. The van der Waals surface area contributed by atoms with Crippen LogP contribution in [-0.2, 0) is 10.8 Å². The van der Waals surface area contributed by atoms with Crippen molar-refractivity contribution in [2.45, 2.75) is 52.4 Å². The number of rotatable bonds is 1. The van der Waals surface area contributed by atoms with E-state index in [9.17, 15) is 5.02 Å². The predicted octanol–water partition coefficient (Wildman–Crippen LogP) is 2.52. The molecule has 0 aromatic heterocycles. The molecule has 1 aromatic rings. The molecule has 1 radical (unpaired) electrons. The van der Waals surface area contributed by atoms with Crippen LogP contribution < -0.4 is 5.46 Å².